The van der Waals surface area contributed by atoms with Gasteiger partial charge in [0.05, 0.1) is 23.4 Å². The lowest BCUT2D eigenvalue weighted by Gasteiger charge is -2.27. The number of rotatable bonds is 5. The summed E-state index contributed by atoms with van der Waals surface area (Å²) in [6, 6.07) is 5.39. The minimum Gasteiger partial charge on any atom is -0.378 e. The molecule has 152 valence electrons. The lowest BCUT2D eigenvalue weighted by molar-refractivity contribution is -0.116. The first-order valence-electron chi connectivity index (χ1n) is 9.28. The molecule has 0 radical (unpaired) electrons. The number of nitrogens with zero attached hydrogens (tertiary/aromatic N) is 3. The topological polar surface area (TPSA) is 100 Å². The number of aromatic amines is 1. The Morgan fingerprint density at radius 1 is 1.34 bits per heavy atom. The van der Waals surface area contributed by atoms with Crippen LogP contribution in [0.15, 0.2) is 23.0 Å². The smallest absolute Gasteiger partial charge is 0.255 e. The number of carbonyl (C=O) groups is 1. The molecule has 0 bridgehead atoms. The van der Waals surface area contributed by atoms with Crippen molar-refractivity contribution in [2.75, 3.05) is 36.5 Å². The molecule has 0 aliphatic carbocycles. The molecule has 1 aromatic carbocycles. The molecule has 1 saturated heterocycles. The first-order valence-corrected chi connectivity index (χ1v) is 10.5. The normalized spacial score (nSPS) is 14.3. The highest BCUT2D eigenvalue weighted by atomic mass is 35.5. The number of halogens is 1. The number of amides is 1. The summed E-state index contributed by atoms with van der Waals surface area (Å²) in [5.41, 5.74) is 1.73. The van der Waals surface area contributed by atoms with E-state index < -0.39 is 0 Å². The zero-order valence-electron chi connectivity index (χ0n) is 15.8. The highest BCUT2D eigenvalue weighted by molar-refractivity contribution is 7.22. The second-order valence-electron chi connectivity index (χ2n) is 6.73. The second-order valence-corrected chi connectivity index (χ2v) is 8.20. The fourth-order valence-electron chi connectivity index (χ4n) is 3.19. The van der Waals surface area contributed by atoms with E-state index >= 15 is 0 Å². The predicted octanol–water partition coefficient (Wildman–Crippen LogP) is 2.75. The van der Waals surface area contributed by atoms with Crippen molar-refractivity contribution in [3.8, 4) is 0 Å². The van der Waals surface area contributed by atoms with Crippen LogP contribution in [0, 0.1) is 6.92 Å². The Bertz CT molecular complexity index is 1110. The van der Waals surface area contributed by atoms with Crippen molar-refractivity contribution >= 4 is 50.1 Å². The molecule has 1 fully saturated rings. The standard InChI is InChI=1S/C19H20ClN5O3S/c1-11-13(17(27)24-18(21-11)25-6-8-28-9-7-25)3-5-16(26)23-19-22-14-4-2-12(20)10-15(14)29-19/h2,4,10H,3,5-9H2,1H3,(H,21,24,27)(H,22,23,26). The van der Waals surface area contributed by atoms with Gasteiger partial charge < -0.3 is 15.0 Å². The van der Waals surface area contributed by atoms with Gasteiger partial charge in [-0.05, 0) is 31.5 Å². The average Bonchev–Trinajstić information content (AvgIpc) is 3.09. The highest BCUT2D eigenvalue weighted by Crippen LogP contribution is 2.28. The van der Waals surface area contributed by atoms with Crippen molar-refractivity contribution in [3.05, 3.63) is 44.8 Å². The van der Waals surface area contributed by atoms with Gasteiger partial charge in [-0.2, -0.15) is 0 Å². The van der Waals surface area contributed by atoms with Gasteiger partial charge in [0.15, 0.2) is 5.13 Å². The number of aryl methyl sites for hydroxylation is 1. The van der Waals surface area contributed by atoms with Crippen LogP contribution in [0.5, 0.6) is 0 Å². The molecular weight excluding hydrogens is 414 g/mol. The van der Waals surface area contributed by atoms with Crippen molar-refractivity contribution in [2.45, 2.75) is 19.8 Å². The fourth-order valence-corrected chi connectivity index (χ4v) is 4.35. The molecule has 4 rings (SSSR count). The molecule has 3 heterocycles. The van der Waals surface area contributed by atoms with E-state index in [4.69, 9.17) is 16.3 Å². The van der Waals surface area contributed by atoms with Crippen LogP contribution in [0.4, 0.5) is 11.1 Å². The van der Waals surface area contributed by atoms with Crippen LogP contribution in [0.2, 0.25) is 5.02 Å². The minimum absolute atomic E-state index is 0.166. The maximum atomic E-state index is 12.5. The summed E-state index contributed by atoms with van der Waals surface area (Å²) in [6.07, 6.45) is 0.472. The van der Waals surface area contributed by atoms with E-state index in [0.717, 1.165) is 10.2 Å². The largest absolute Gasteiger partial charge is 0.378 e. The quantitative estimate of drug-likeness (QED) is 0.641. The number of aromatic nitrogens is 3. The van der Waals surface area contributed by atoms with Gasteiger partial charge in [0.25, 0.3) is 5.56 Å². The average molecular weight is 434 g/mol. The van der Waals surface area contributed by atoms with Crippen LogP contribution < -0.4 is 15.8 Å². The van der Waals surface area contributed by atoms with Crippen molar-refractivity contribution in [1.29, 1.82) is 0 Å². The summed E-state index contributed by atoms with van der Waals surface area (Å²) in [6.45, 7) is 4.41. The molecular formula is C19H20ClN5O3S. The van der Waals surface area contributed by atoms with E-state index in [-0.39, 0.29) is 17.9 Å². The third kappa shape index (κ3) is 4.58. The maximum Gasteiger partial charge on any atom is 0.255 e. The van der Waals surface area contributed by atoms with Gasteiger partial charge in [0.2, 0.25) is 11.9 Å². The van der Waals surface area contributed by atoms with E-state index in [1.54, 1.807) is 13.0 Å². The number of morpholine rings is 1. The van der Waals surface area contributed by atoms with Crippen molar-refractivity contribution in [2.24, 2.45) is 0 Å². The predicted molar refractivity (Wildman–Crippen MR) is 114 cm³/mol. The summed E-state index contributed by atoms with van der Waals surface area (Å²) in [7, 11) is 0. The van der Waals surface area contributed by atoms with E-state index in [1.165, 1.54) is 11.3 Å². The number of thiazole rings is 1. The lowest BCUT2D eigenvalue weighted by Crippen LogP contribution is -2.38. The van der Waals surface area contributed by atoms with Crippen molar-refractivity contribution in [3.63, 3.8) is 0 Å². The summed E-state index contributed by atoms with van der Waals surface area (Å²) < 4.78 is 6.23. The molecule has 1 aliphatic rings. The molecule has 8 nitrogen and oxygen atoms in total. The van der Waals surface area contributed by atoms with E-state index in [9.17, 15) is 9.59 Å². The number of nitrogens with one attached hydrogen (secondary N) is 2. The number of anilines is 2. The van der Waals surface area contributed by atoms with Crippen molar-refractivity contribution < 1.29 is 9.53 Å². The van der Waals surface area contributed by atoms with E-state index in [2.05, 4.69) is 20.3 Å². The summed E-state index contributed by atoms with van der Waals surface area (Å²) >= 11 is 7.35. The Hall–Kier alpha value is -2.49. The highest BCUT2D eigenvalue weighted by Gasteiger charge is 2.17. The maximum absolute atomic E-state index is 12.5. The van der Waals surface area contributed by atoms with Crippen LogP contribution in [0.1, 0.15) is 17.7 Å². The van der Waals surface area contributed by atoms with Gasteiger partial charge >= 0.3 is 0 Å². The number of benzene rings is 1. The summed E-state index contributed by atoms with van der Waals surface area (Å²) in [4.78, 5) is 38.6. The lowest BCUT2D eigenvalue weighted by atomic mass is 10.1. The Morgan fingerprint density at radius 2 is 2.14 bits per heavy atom. The first kappa shape index (κ1) is 19.8. The molecule has 3 aromatic rings. The number of fused-ring (bicyclic) bond motifs is 1. The molecule has 0 atom stereocenters. The molecule has 2 aromatic heterocycles. The van der Waals surface area contributed by atoms with E-state index in [1.807, 2.05) is 17.0 Å². The Labute approximate surface area is 175 Å². The zero-order chi connectivity index (χ0) is 20.4. The zero-order valence-corrected chi connectivity index (χ0v) is 17.4. The van der Waals surface area contributed by atoms with Gasteiger partial charge in [-0.25, -0.2) is 9.97 Å². The van der Waals surface area contributed by atoms with Gasteiger partial charge in [-0.15, -0.1) is 0 Å². The molecule has 0 saturated carbocycles. The molecule has 29 heavy (non-hydrogen) atoms. The van der Waals surface area contributed by atoms with Gasteiger partial charge in [-0.3, -0.25) is 14.6 Å². The van der Waals surface area contributed by atoms with Crippen LogP contribution in [0.3, 0.4) is 0 Å². The van der Waals surface area contributed by atoms with E-state index in [0.29, 0.717) is 60.1 Å². The number of hydrogen-bond acceptors (Lipinski definition) is 7. The number of carbonyl (C=O) groups excluding carboxylic acids is 1. The monoisotopic (exact) mass is 433 g/mol. The van der Waals surface area contributed by atoms with Crippen molar-refractivity contribution in [1.82, 2.24) is 15.0 Å². The minimum atomic E-state index is -0.207. The molecule has 1 amide bonds. The summed E-state index contributed by atoms with van der Waals surface area (Å²) in [5, 5.41) is 3.93. The second kappa shape index (κ2) is 8.48. The molecule has 2 N–H and O–H groups in total. The van der Waals surface area contributed by atoms with Gasteiger partial charge in [-0.1, -0.05) is 22.9 Å². The van der Waals surface area contributed by atoms with Gasteiger partial charge in [0, 0.05) is 35.8 Å². The van der Waals surface area contributed by atoms with Crippen LogP contribution in [-0.2, 0) is 16.0 Å². The SMILES string of the molecule is Cc1nc(N2CCOCC2)[nH]c(=O)c1CCC(=O)Nc1nc2ccc(Cl)cc2s1. The van der Waals surface area contributed by atoms with Crippen LogP contribution in [-0.4, -0.2) is 47.2 Å². The van der Waals surface area contributed by atoms with Crippen LogP contribution >= 0.6 is 22.9 Å². The number of ether oxygens (including phenoxy) is 1. The van der Waals surface area contributed by atoms with Crippen LogP contribution in [0.25, 0.3) is 10.2 Å². The molecule has 0 spiro atoms. The fraction of sp³-hybridized carbons (Fsp3) is 0.368. The molecule has 10 heteroatoms. The third-order valence-corrected chi connectivity index (χ3v) is 5.89. The summed E-state index contributed by atoms with van der Waals surface area (Å²) in [5.74, 6) is 0.350. The van der Waals surface area contributed by atoms with Gasteiger partial charge in [0.1, 0.15) is 0 Å². The molecule has 0 unspecified atom stereocenters. The number of H-pyrrole nitrogens is 1. The Morgan fingerprint density at radius 3 is 2.90 bits per heavy atom. The first-order chi connectivity index (χ1) is 14.0. The Balaban J connectivity index is 1.41. The third-order valence-electron chi connectivity index (χ3n) is 4.72. The number of hydrogen-bond donors (Lipinski definition) is 2. The Kier molecular flexibility index (Phi) is 5.79. The molecule has 1 aliphatic heterocycles.